The van der Waals surface area contributed by atoms with Gasteiger partial charge >= 0.3 is 0 Å². The fourth-order valence-corrected chi connectivity index (χ4v) is 2.49. The molecule has 0 aromatic heterocycles. The maximum atomic E-state index is 5.88. The Balaban J connectivity index is 2.10. The summed E-state index contributed by atoms with van der Waals surface area (Å²) in [7, 11) is 1.65. The minimum Gasteiger partial charge on any atom is -0.493 e. The van der Waals surface area contributed by atoms with Gasteiger partial charge in [-0.1, -0.05) is 52.3 Å². The van der Waals surface area contributed by atoms with Crippen LogP contribution in [0, 0.1) is 0 Å². The number of benzene rings is 2. The lowest BCUT2D eigenvalue weighted by Crippen LogP contribution is -2.13. The summed E-state index contributed by atoms with van der Waals surface area (Å²) in [6, 6.07) is 14.0. The van der Waals surface area contributed by atoms with Gasteiger partial charge in [0.2, 0.25) is 0 Å². The minimum absolute atomic E-state index is 0.512. The highest BCUT2D eigenvalue weighted by molar-refractivity contribution is 9.10. The van der Waals surface area contributed by atoms with Crippen LogP contribution in [-0.2, 0) is 13.2 Å². The molecule has 0 amide bonds. The molecule has 4 heteroatoms. The van der Waals surface area contributed by atoms with Crippen LogP contribution < -0.4 is 14.8 Å². The molecule has 0 aliphatic rings. The zero-order chi connectivity index (χ0) is 15.8. The Kier molecular flexibility index (Phi) is 6.49. The van der Waals surface area contributed by atoms with Crippen molar-refractivity contribution in [3.05, 3.63) is 70.7 Å². The van der Waals surface area contributed by atoms with E-state index in [0.717, 1.165) is 40.2 Å². The molecule has 0 aliphatic carbocycles. The smallest absolute Gasteiger partial charge is 0.162 e. The normalized spacial score (nSPS) is 10.3. The number of hydrogen-bond acceptors (Lipinski definition) is 3. The first-order valence-electron chi connectivity index (χ1n) is 7.09. The van der Waals surface area contributed by atoms with Gasteiger partial charge in [0.1, 0.15) is 6.61 Å². The van der Waals surface area contributed by atoms with Crippen molar-refractivity contribution in [2.24, 2.45) is 0 Å². The monoisotopic (exact) mass is 361 g/mol. The molecule has 0 spiro atoms. The molecule has 0 bridgehead atoms. The van der Waals surface area contributed by atoms with Crippen LogP contribution in [0.5, 0.6) is 11.5 Å². The first-order chi connectivity index (χ1) is 10.7. The highest BCUT2D eigenvalue weighted by Gasteiger charge is 2.10. The summed E-state index contributed by atoms with van der Waals surface area (Å²) in [6.07, 6.45) is 1.84. The Bertz CT molecular complexity index is 614. The summed E-state index contributed by atoms with van der Waals surface area (Å²) in [5, 5.41) is 3.28. The number of methoxy groups -OCH3 is 1. The molecule has 2 aromatic carbocycles. The molecular formula is C18H20BrNO2. The number of ether oxygens (including phenoxy) is 2. The Labute approximate surface area is 140 Å². The van der Waals surface area contributed by atoms with Crippen molar-refractivity contribution >= 4 is 15.9 Å². The molecule has 2 aromatic rings. The van der Waals surface area contributed by atoms with Crippen molar-refractivity contribution in [3.8, 4) is 11.5 Å². The van der Waals surface area contributed by atoms with E-state index in [1.165, 1.54) is 0 Å². The van der Waals surface area contributed by atoms with Crippen LogP contribution in [0.15, 0.2) is 59.6 Å². The third-order valence-electron chi connectivity index (χ3n) is 3.17. The fourth-order valence-electron chi connectivity index (χ4n) is 2.03. The van der Waals surface area contributed by atoms with Crippen LogP contribution in [0.2, 0.25) is 0 Å². The number of hydrogen-bond donors (Lipinski definition) is 1. The maximum Gasteiger partial charge on any atom is 0.162 e. The molecule has 116 valence electrons. The van der Waals surface area contributed by atoms with E-state index in [-0.39, 0.29) is 0 Å². The molecule has 0 saturated carbocycles. The highest BCUT2D eigenvalue weighted by Crippen LogP contribution is 2.34. The fraction of sp³-hybridized carbons (Fsp3) is 0.222. The summed E-state index contributed by atoms with van der Waals surface area (Å²) >= 11 is 3.59. The van der Waals surface area contributed by atoms with Gasteiger partial charge in [-0.25, -0.2) is 0 Å². The van der Waals surface area contributed by atoms with Crippen LogP contribution in [0.3, 0.4) is 0 Å². The van der Waals surface area contributed by atoms with E-state index >= 15 is 0 Å². The zero-order valence-electron chi connectivity index (χ0n) is 12.6. The summed E-state index contributed by atoms with van der Waals surface area (Å²) in [6.45, 7) is 5.71. The van der Waals surface area contributed by atoms with Crippen molar-refractivity contribution in [1.82, 2.24) is 5.32 Å². The maximum absolute atomic E-state index is 5.88. The molecule has 0 saturated heterocycles. The lowest BCUT2D eigenvalue weighted by Gasteiger charge is -2.14. The van der Waals surface area contributed by atoms with Crippen LogP contribution >= 0.6 is 15.9 Å². The van der Waals surface area contributed by atoms with Gasteiger partial charge in [-0.15, -0.1) is 6.58 Å². The van der Waals surface area contributed by atoms with Crippen molar-refractivity contribution < 1.29 is 9.47 Å². The van der Waals surface area contributed by atoms with Gasteiger partial charge in [0.05, 0.1) is 7.11 Å². The molecule has 0 fully saturated rings. The highest BCUT2D eigenvalue weighted by atomic mass is 79.9. The van der Waals surface area contributed by atoms with Crippen LogP contribution in [0.4, 0.5) is 0 Å². The zero-order valence-corrected chi connectivity index (χ0v) is 14.2. The lowest BCUT2D eigenvalue weighted by atomic mass is 10.2. The molecule has 0 atom stereocenters. The first kappa shape index (κ1) is 16.6. The second kappa shape index (κ2) is 8.61. The van der Waals surface area contributed by atoms with Crippen molar-refractivity contribution in [1.29, 1.82) is 0 Å². The van der Waals surface area contributed by atoms with E-state index in [1.54, 1.807) is 7.11 Å². The summed E-state index contributed by atoms with van der Waals surface area (Å²) in [5.41, 5.74) is 2.24. The topological polar surface area (TPSA) is 30.5 Å². The van der Waals surface area contributed by atoms with Crippen molar-refractivity contribution in [2.45, 2.75) is 13.2 Å². The van der Waals surface area contributed by atoms with Gasteiger partial charge in [-0.2, -0.15) is 0 Å². The molecule has 0 unspecified atom stereocenters. The number of halogens is 1. The third kappa shape index (κ3) is 4.61. The summed E-state index contributed by atoms with van der Waals surface area (Å²) in [4.78, 5) is 0. The molecule has 0 aliphatic heterocycles. The Morgan fingerprint density at radius 2 is 1.95 bits per heavy atom. The predicted molar refractivity (Wildman–Crippen MR) is 93.4 cm³/mol. The third-order valence-corrected chi connectivity index (χ3v) is 3.91. The van der Waals surface area contributed by atoms with Crippen LogP contribution in [-0.4, -0.2) is 13.7 Å². The Morgan fingerprint density at radius 1 is 1.18 bits per heavy atom. The molecule has 0 radical (unpaired) electrons. The second-order valence-electron chi connectivity index (χ2n) is 4.79. The average molecular weight is 362 g/mol. The quantitative estimate of drug-likeness (QED) is 0.561. The number of rotatable bonds is 8. The second-order valence-corrected chi connectivity index (χ2v) is 5.64. The molecular weight excluding hydrogens is 342 g/mol. The Hall–Kier alpha value is -1.78. The van der Waals surface area contributed by atoms with Crippen molar-refractivity contribution in [3.63, 3.8) is 0 Å². The van der Waals surface area contributed by atoms with Gasteiger partial charge in [0.15, 0.2) is 11.5 Å². The number of nitrogens with one attached hydrogen (secondary N) is 1. The standard InChI is InChI=1S/C18H20BrNO2/c1-3-9-20-12-15-10-17(21-2)18(11-16(15)19)22-13-14-7-5-4-6-8-14/h3-8,10-11,20H,1,9,12-13H2,2H3. The lowest BCUT2D eigenvalue weighted by molar-refractivity contribution is 0.284. The SMILES string of the molecule is C=CCNCc1cc(OC)c(OCc2ccccc2)cc1Br. The van der Waals surface area contributed by atoms with Gasteiger partial charge in [0, 0.05) is 17.6 Å². The van der Waals surface area contributed by atoms with Crippen LogP contribution in [0.25, 0.3) is 0 Å². The molecule has 3 nitrogen and oxygen atoms in total. The van der Waals surface area contributed by atoms with Crippen molar-refractivity contribution in [2.75, 3.05) is 13.7 Å². The largest absolute Gasteiger partial charge is 0.493 e. The molecule has 0 heterocycles. The van der Waals surface area contributed by atoms with Crippen LogP contribution in [0.1, 0.15) is 11.1 Å². The van der Waals surface area contributed by atoms with Gasteiger partial charge in [-0.05, 0) is 23.3 Å². The van der Waals surface area contributed by atoms with E-state index in [2.05, 4.69) is 27.8 Å². The van der Waals surface area contributed by atoms with E-state index < -0.39 is 0 Å². The van der Waals surface area contributed by atoms with Gasteiger partial charge in [-0.3, -0.25) is 0 Å². The Morgan fingerprint density at radius 3 is 2.64 bits per heavy atom. The average Bonchev–Trinajstić information content (AvgIpc) is 2.55. The molecule has 1 N–H and O–H groups in total. The van der Waals surface area contributed by atoms with E-state index in [1.807, 2.05) is 48.5 Å². The van der Waals surface area contributed by atoms with Gasteiger partial charge in [0.25, 0.3) is 0 Å². The first-order valence-corrected chi connectivity index (χ1v) is 7.88. The molecule has 2 rings (SSSR count). The van der Waals surface area contributed by atoms with E-state index in [0.29, 0.717) is 6.61 Å². The van der Waals surface area contributed by atoms with E-state index in [9.17, 15) is 0 Å². The van der Waals surface area contributed by atoms with E-state index in [4.69, 9.17) is 9.47 Å². The molecule has 22 heavy (non-hydrogen) atoms. The van der Waals surface area contributed by atoms with Gasteiger partial charge < -0.3 is 14.8 Å². The summed E-state index contributed by atoms with van der Waals surface area (Å²) < 4.78 is 12.3. The summed E-state index contributed by atoms with van der Waals surface area (Å²) in [5.74, 6) is 1.46. The minimum atomic E-state index is 0.512. The predicted octanol–water partition coefficient (Wildman–Crippen LogP) is 4.31.